The third-order valence-corrected chi connectivity index (χ3v) is 5.69. The van der Waals surface area contributed by atoms with Crippen LogP contribution >= 0.6 is 0 Å². The fraction of sp³-hybridized carbons (Fsp3) is 0.348. The SMILES string of the molecule is Cc1nn(C)cc1Nc1cc(NCc2ccc(N3CCOCC3)cc2C(N)=O)c(C(F)(F)F)cn1. The smallest absolute Gasteiger partial charge is 0.380 e. The van der Waals surface area contributed by atoms with E-state index in [2.05, 4.69) is 25.6 Å². The Balaban J connectivity index is 1.59. The predicted octanol–water partition coefficient (Wildman–Crippen LogP) is 3.43. The monoisotopic (exact) mass is 489 g/mol. The molecule has 1 aliphatic rings. The molecule has 0 radical (unpaired) electrons. The summed E-state index contributed by atoms with van der Waals surface area (Å²) in [4.78, 5) is 18.1. The van der Waals surface area contributed by atoms with Crippen molar-refractivity contribution in [1.82, 2.24) is 14.8 Å². The van der Waals surface area contributed by atoms with Gasteiger partial charge >= 0.3 is 6.18 Å². The van der Waals surface area contributed by atoms with Gasteiger partial charge in [0.05, 0.1) is 35.8 Å². The lowest BCUT2D eigenvalue weighted by atomic mass is 10.0. The zero-order chi connectivity index (χ0) is 25.2. The molecule has 0 saturated carbocycles. The molecular formula is C23H26F3N7O2. The highest BCUT2D eigenvalue weighted by Gasteiger charge is 2.34. The number of carbonyl (C=O) groups is 1. The lowest BCUT2D eigenvalue weighted by molar-refractivity contribution is -0.137. The molecule has 4 N–H and O–H groups in total. The van der Waals surface area contributed by atoms with E-state index in [1.807, 2.05) is 6.07 Å². The number of anilines is 4. The van der Waals surface area contributed by atoms with Crippen molar-refractivity contribution in [2.45, 2.75) is 19.6 Å². The number of nitrogens with one attached hydrogen (secondary N) is 2. The molecule has 0 atom stereocenters. The van der Waals surface area contributed by atoms with Crippen molar-refractivity contribution in [3.8, 4) is 0 Å². The van der Waals surface area contributed by atoms with E-state index in [-0.39, 0.29) is 23.6 Å². The molecule has 9 nitrogen and oxygen atoms in total. The van der Waals surface area contributed by atoms with Gasteiger partial charge < -0.3 is 26.0 Å². The number of morpholine rings is 1. The highest BCUT2D eigenvalue weighted by molar-refractivity contribution is 5.95. The van der Waals surface area contributed by atoms with Gasteiger partial charge in [0, 0.05) is 56.4 Å². The van der Waals surface area contributed by atoms with Crippen molar-refractivity contribution >= 4 is 28.8 Å². The number of aryl methyl sites for hydroxylation is 2. The molecule has 186 valence electrons. The van der Waals surface area contributed by atoms with Gasteiger partial charge in [0.2, 0.25) is 5.91 Å². The van der Waals surface area contributed by atoms with Crippen LogP contribution in [0.5, 0.6) is 0 Å². The van der Waals surface area contributed by atoms with E-state index in [4.69, 9.17) is 10.5 Å². The number of aromatic nitrogens is 3. The Hall–Kier alpha value is -3.80. The summed E-state index contributed by atoms with van der Waals surface area (Å²) in [5.41, 5.74) is 7.33. The van der Waals surface area contributed by atoms with Gasteiger partial charge in [0.25, 0.3) is 0 Å². The quantitative estimate of drug-likeness (QED) is 0.466. The van der Waals surface area contributed by atoms with Crippen LogP contribution in [0.25, 0.3) is 0 Å². The Morgan fingerprint density at radius 2 is 1.94 bits per heavy atom. The summed E-state index contributed by atoms with van der Waals surface area (Å²) in [6.45, 7) is 4.23. The number of ether oxygens (including phenoxy) is 1. The molecule has 0 spiro atoms. The summed E-state index contributed by atoms with van der Waals surface area (Å²) in [6, 6.07) is 6.47. The summed E-state index contributed by atoms with van der Waals surface area (Å²) in [5, 5.41) is 10.0. The third-order valence-electron chi connectivity index (χ3n) is 5.69. The minimum Gasteiger partial charge on any atom is -0.380 e. The molecular weight excluding hydrogens is 463 g/mol. The second-order valence-corrected chi connectivity index (χ2v) is 8.20. The van der Waals surface area contributed by atoms with Gasteiger partial charge in [-0.15, -0.1) is 0 Å². The number of hydrogen-bond donors (Lipinski definition) is 3. The normalized spacial score (nSPS) is 14.1. The molecule has 0 bridgehead atoms. The molecule has 3 heterocycles. The average molecular weight is 490 g/mol. The van der Waals surface area contributed by atoms with Crippen molar-refractivity contribution < 1.29 is 22.7 Å². The Morgan fingerprint density at radius 3 is 2.57 bits per heavy atom. The van der Waals surface area contributed by atoms with Gasteiger partial charge in [0.1, 0.15) is 5.82 Å². The van der Waals surface area contributed by atoms with Crippen molar-refractivity contribution in [3.05, 3.63) is 59.0 Å². The van der Waals surface area contributed by atoms with Crippen LogP contribution in [-0.2, 0) is 24.5 Å². The van der Waals surface area contributed by atoms with E-state index >= 15 is 0 Å². The van der Waals surface area contributed by atoms with Crippen molar-refractivity contribution in [2.24, 2.45) is 12.8 Å². The lowest BCUT2D eigenvalue weighted by Crippen LogP contribution is -2.36. The molecule has 1 amide bonds. The van der Waals surface area contributed by atoms with Crippen LogP contribution in [0, 0.1) is 6.92 Å². The molecule has 3 aromatic rings. The number of primary amides is 1. The molecule has 2 aromatic heterocycles. The Kier molecular flexibility index (Phi) is 6.83. The van der Waals surface area contributed by atoms with Crippen LogP contribution in [-0.4, -0.2) is 47.0 Å². The second-order valence-electron chi connectivity index (χ2n) is 8.20. The minimum absolute atomic E-state index is 0.0415. The first-order chi connectivity index (χ1) is 16.6. The molecule has 1 saturated heterocycles. The molecule has 0 aliphatic carbocycles. The van der Waals surface area contributed by atoms with Crippen molar-refractivity contribution in [2.75, 3.05) is 41.8 Å². The van der Waals surface area contributed by atoms with E-state index in [9.17, 15) is 18.0 Å². The zero-order valence-corrected chi connectivity index (χ0v) is 19.3. The van der Waals surface area contributed by atoms with Crippen molar-refractivity contribution in [1.29, 1.82) is 0 Å². The number of nitrogens with two attached hydrogens (primary N) is 1. The molecule has 35 heavy (non-hydrogen) atoms. The summed E-state index contributed by atoms with van der Waals surface area (Å²) in [5.74, 6) is -0.438. The maximum atomic E-state index is 13.7. The number of pyridine rings is 1. The molecule has 1 aliphatic heterocycles. The van der Waals surface area contributed by atoms with Gasteiger partial charge in [-0.25, -0.2) is 4.98 Å². The number of carbonyl (C=O) groups excluding carboxylic acids is 1. The number of benzene rings is 1. The third kappa shape index (κ3) is 5.65. The molecule has 4 rings (SSSR count). The maximum Gasteiger partial charge on any atom is 0.419 e. The predicted molar refractivity (Wildman–Crippen MR) is 126 cm³/mol. The number of nitrogens with zero attached hydrogens (tertiary/aromatic N) is 4. The van der Waals surface area contributed by atoms with Gasteiger partial charge in [-0.1, -0.05) is 6.07 Å². The fourth-order valence-corrected chi connectivity index (χ4v) is 3.91. The van der Waals surface area contributed by atoms with E-state index < -0.39 is 17.6 Å². The number of halogens is 3. The Labute approximate surface area is 200 Å². The number of alkyl halides is 3. The number of amides is 1. The first kappa shape index (κ1) is 24.3. The largest absolute Gasteiger partial charge is 0.419 e. The topological polar surface area (TPSA) is 110 Å². The highest BCUT2D eigenvalue weighted by Crippen LogP contribution is 2.36. The summed E-state index contributed by atoms with van der Waals surface area (Å²) in [7, 11) is 1.74. The van der Waals surface area contributed by atoms with Crippen LogP contribution in [0.15, 0.2) is 36.7 Å². The maximum absolute atomic E-state index is 13.7. The van der Waals surface area contributed by atoms with Crippen LogP contribution in [0.3, 0.4) is 0 Å². The molecule has 1 fully saturated rings. The van der Waals surface area contributed by atoms with E-state index in [1.165, 1.54) is 6.07 Å². The van der Waals surface area contributed by atoms with Gasteiger partial charge in [-0.3, -0.25) is 9.48 Å². The van der Waals surface area contributed by atoms with Crippen LogP contribution in [0.1, 0.15) is 27.2 Å². The fourth-order valence-electron chi connectivity index (χ4n) is 3.91. The molecule has 12 heteroatoms. The van der Waals surface area contributed by atoms with Crippen molar-refractivity contribution in [3.63, 3.8) is 0 Å². The van der Waals surface area contributed by atoms with E-state index in [0.29, 0.717) is 43.2 Å². The Bertz CT molecular complexity index is 1220. The van der Waals surface area contributed by atoms with Gasteiger partial charge in [-0.2, -0.15) is 18.3 Å². The van der Waals surface area contributed by atoms with Crippen LogP contribution < -0.4 is 21.3 Å². The lowest BCUT2D eigenvalue weighted by Gasteiger charge is -2.29. The highest BCUT2D eigenvalue weighted by atomic mass is 19.4. The first-order valence-corrected chi connectivity index (χ1v) is 11.0. The average Bonchev–Trinajstić information content (AvgIpc) is 3.13. The van der Waals surface area contributed by atoms with E-state index in [0.717, 1.165) is 11.9 Å². The standard InChI is InChI=1S/C23H26F3N7O2/c1-14-20(13-32(2)31-14)30-21-10-19(18(12-29-21)23(24,25)26)28-11-15-3-4-16(9-17(15)22(27)34)33-5-7-35-8-6-33/h3-4,9-10,12-13H,5-8,11H2,1-2H3,(H2,27,34)(H2,28,29,30). The number of rotatable bonds is 7. The molecule has 0 unspecified atom stereocenters. The second kappa shape index (κ2) is 9.82. The first-order valence-electron chi connectivity index (χ1n) is 11.0. The number of hydrogen-bond acceptors (Lipinski definition) is 7. The van der Waals surface area contributed by atoms with Gasteiger partial charge in [-0.05, 0) is 24.6 Å². The summed E-state index contributed by atoms with van der Waals surface area (Å²) < 4.78 is 47.9. The van der Waals surface area contributed by atoms with E-state index in [1.54, 1.807) is 37.0 Å². The Morgan fingerprint density at radius 1 is 1.20 bits per heavy atom. The zero-order valence-electron chi connectivity index (χ0n) is 19.3. The van der Waals surface area contributed by atoms with Crippen LogP contribution in [0.4, 0.5) is 36.1 Å². The summed E-state index contributed by atoms with van der Waals surface area (Å²) in [6.07, 6.45) is -2.14. The minimum atomic E-state index is -4.62. The molecule has 1 aromatic carbocycles. The van der Waals surface area contributed by atoms with Gasteiger partial charge in [0.15, 0.2) is 0 Å². The van der Waals surface area contributed by atoms with Crippen LogP contribution in [0.2, 0.25) is 0 Å². The summed E-state index contributed by atoms with van der Waals surface area (Å²) >= 11 is 0.